The van der Waals surface area contributed by atoms with Gasteiger partial charge in [-0.2, -0.15) is 5.10 Å². The molecule has 18 heavy (non-hydrogen) atoms. The van der Waals surface area contributed by atoms with Crippen LogP contribution < -0.4 is 5.32 Å². The normalized spacial score (nSPS) is 12.0. The van der Waals surface area contributed by atoms with Crippen molar-refractivity contribution >= 4 is 11.3 Å². The van der Waals surface area contributed by atoms with E-state index in [0.29, 0.717) is 6.54 Å². The summed E-state index contributed by atoms with van der Waals surface area (Å²) in [6, 6.07) is 0. The van der Waals surface area contributed by atoms with E-state index in [2.05, 4.69) is 41.2 Å². The highest BCUT2D eigenvalue weighted by Gasteiger charge is 2.17. The zero-order valence-corrected chi connectivity index (χ0v) is 12.1. The van der Waals surface area contributed by atoms with Crippen LogP contribution in [0.15, 0.2) is 12.5 Å². The van der Waals surface area contributed by atoms with E-state index in [1.807, 2.05) is 13.2 Å². The molecule has 2 aromatic rings. The molecule has 0 fully saturated rings. The lowest BCUT2D eigenvalue weighted by Gasteiger charge is -2.13. The van der Waals surface area contributed by atoms with Crippen LogP contribution in [0.25, 0.3) is 0 Å². The molecule has 0 radical (unpaired) electrons. The summed E-state index contributed by atoms with van der Waals surface area (Å²) in [5, 5.41) is 8.72. The molecule has 0 amide bonds. The van der Waals surface area contributed by atoms with Crippen molar-refractivity contribution < 1.29 is 0 Å². The third kappa shape index (κ3) is 3.36. The van der Waals surface area contributed by atoms with Crippen molar-refractivity contribution in [2.75, 3.05) is 0 Å². The van der Waals surface area contributed by atoms with Gasteiger partial charge in [-0.15, -0.1) is 11.3 Å². The van der Waals surface area contributed by atoms with E-state index in [4.69, 9.17) is 0 Å². The second-order valence-corrected chi connectivity index (χ2v) is 6.43. The summed E-state index contributed by atoms with van der Waals surface area (Å²) < 4.78 is 1.71. The van der Waals surface area contributed by atoms with Gasteiger partial charge in [0.15, 0.2) is 5.82 Å². The van der Waals surface area contributed by atoms with Crippen LogP contribution in [0.1, 0.15) is 36.5 Å². The number of rotatable bonds is 4. The molecule has 6 heteroatoms. The second-order valence-electron chi connectivity index (χ2n) is 5.32. The average Bonchev–Trinajstić information content (AvgIpc) is 2.87. The lowest BCUT2D eigenvalue weighted by atomic mass is 9.98. The Bertz CT molecular complexity index is 509. The Morgan fingerprint density at radius 1 is 1.28 bits per heavy atom. The molecule has 0 saturated carbocycles. The fourth-order valence-electron chi connectivity index (χ4n) is 1.50. The monoisotopic (exact) mass is 265 g/mol. The van der Waals surface area contributed by atoms with Gasteiger partial charge in [-0.05, 0) is 0 Å². The minimum absolute atomic E-state index is 0.130. The molecule has 98 valence electrons. The molecule has 0 spiro atoms. The van der Waals surface area contributed by atoms with Gasteiger partial charge in [-0.25, -0.2) is 9.97 Å². The maximum atomic E-state index is 4.46. The highest BCUT2D eigenvalue weighted by atomic mass is 32.1. The first-order valence-corrected chi connectivity index (χ1v) is 6.77. The minimum atomic E-state index is 0.130. The highest BCUT2D eigenvalue weighted by Crippen LogP contribution is 2.26. The maximum Gasteiger partial charge on any atom is 0.164 e. The largest absolute Gasteiger partial charge is 0.305 e. The Morgan fingerprint density at radius 2 is 2.06 bits per heavy atom. The van der Waals surface area contributed by atoms with E-state index >= 15 is 0 Å². The van der Waals surface area contributed by atoms with Gasteiger partial charge in [0.1, 0.15) is 6.33 Å². The van der Waals surface area contributed by atoms with Crippen molar-refractivity contribution in [1.29, 1.82) is 0 Å². The van der Waals surface area contributed by atoms with Crippen molar-refractivity contribution in [1.82, 2.24) is 25.1 Å². The van der Waals surface area contributed by atoms with Gasteiger partial charge in [-0.1, -0.05) is 20.8 Å². The minimum Gasteiger partial charge on any atom is -0.305 e. The van der Waals surface area contributed by atoms with Crippen molar-refractivity contribution in [2.45, 2.75) is 39.3 Å². The molecule has 0 saturated heterocycles. The molecule has 0 aliphatic carbocycles. The SMILES string of the molecule is Cn1cnc(CNCc2cnc(C(C)(C)C)s2)n1. The van der Waals surface area contributed by atoms with Crippen LogP contribution in [-0.4, -0.2) is 19.7 Å². The first kappa shape index (κ1) is 13.2. The topological polar surface area (TPSA) is 55.6 Å². The molecule has 2 heterocycles. The van der Waals surface area contributed by atoms with Crippen LogP contribution in [0.4, 0.5) is 0 Å². The second kappa shape index (κ2) is 5.16. The summed E-state index contributed by atoms with van der Waals surface area (Å²) in [5.41, 5.74) is 0.130. The first-order chi connectivity index (χ1) is 8.45. The molecular formula is C12H19N5S. The third-order valence-corrected chi connectivity index (χ3v) is 3.85. The van der Waals surface area contributed by atoms with Crippen molar-refractivity contribution in [2.24, 2.45) is 7.05 Å². The summed E-state index contributed by atoms with van der Waals surface area (Å²) in [4.78, 5) is 9.88. The fourth-order valence-corrected chi connectivity index (χ4v) is 2.44. The molecule has 0 bridgehead atoms. The zero-order valence-electron chi connectivity index (χ0n) is 11.3. The summed E-state index contributed by atoms with van der Waals surface area (Å²) in [6.07, 6.45) is 3.66. The van der Waals surface area contributed by atoms with Crippen LogP contribution in [0.3, 0.4) is 0 Å². The van der Waals surface area contributed by atoms with Crippen molar-refractivity contribution in [3.05, 3.63) is 28.2 Å². The lowest BCUT2D eigenvalue weighted by molar-refractivity contribution is 0.585. The van der Waals surface area contributed by atoms with E-state index < -0.39 is 0 Å². The van der Waals surface area contributed by atoms with Crippen LogP contribution in [-0.2, 0) is 25.6 Å². The number of aryl methyl sites for hydroxylation is 1. The van der Waals surface area contributed by atoms with Gasteiger partial charge in [0.25, 0.3) is 0 Å². The molecule has 1 N–H and O–H groups in total. The number of thiazole rings is 1. The maximum absolute atomic E-state index is 4.46. The lowest BCUT2D eigenvalue weighted by Crippen LogP contribution is -2.13. The van der Waals surface area contributed by atoms with Crippen LogP contribution in [0.5, 0.6) is 0 Å². The van der Waals surface area contributed by atoms with Crippen LogP contribution in [0.2, 0.25) is 0 Å². The summed E-state index contributed by atoms with van der Waals surface area (Å²) in [5.74, 6) is 0.818. The first-order valence-electron chi connectivity index (χ1n) is 5.95. The van der Waals surface area contributed by atoms with E-state index in [0.717, 1.165) is 12.4 Å². The van der Waals surface area contributed by atoms with E-state index in [-0.39, 0.29) is 5.41 Å². The number of nitrogens with zero attached hydrogens (tertiary/aromatic N) is 4. The Morgan fingerprint density at radius 3 is 2.61 bits per heavy atom. The Kier molecular flexibility index (Phi) is 3.77. The molecule has 0 aliphatic heterocycles. The Labute approximate surface area is 111 Å². The van der Waals surface area contributed by atoms with Gasteiger partial charge >= 0.3 is 0 Å². The average molecular weight is 265 g/mol. The molecular weight excluding hydrogens is 246 g/mol. The van der Waals surface area contributed by atoms with Crippen molar-refractivity contribution in [3.8, 4) is 0 Å². The highest BCUT2D eigenvalue weighted by molar-refractivity contribution is 7.11. The Hall–Kier alpha value is -1.27. The van der Waals surface area contributed by atoms with Crippen LogP contribution >= 0.6 is 11.3 Å². The van der Waals surface area contributed by atoms with Crippen molar-refractivity contribution in [3.63, 3.8) is 0 Å². The molecule has 0 aromatic carbocycles. The number of hydrogen-bond acceptors (Lipinski definition) is 5. The van der Waals surface area contributed by atoms with Crippen LogP contribution in [0, 0.1) is 0 Å². The predicted molar refractivity (Wildman–Crippen MR) is 72.4 cm³/mol. The predicted octanol–water partition coefficient (Wildman–Crippen LogP) is 1.86. The van der Waals surface area contributed by atoms with Gasteiger partial charge < -0.3 is 5.32 Å². The molecule has 5 nitrogen and oxygen atoms in total. The van der Waals surface area contributed by atoms with E-state index in [9.17, 15) is 0 Å². The smallest absolute Gasteiger partial charge is 0.164 e. The van der Waals surface area contributed by atoms with Gasteiger partial charge in [0.2, 0.25) is 0 Å². The molecule has 0 aliphatic rings. The third-order valence-electron chi connectivity index (χ3n) is 2.42. The summed E-state index contributed by atoms with van der Waals surface area (Å²) >= 11 is 1.76. The summed E-state index contributed by atoms with van der Waals surface area (Å²) in [6.45, 7) is 8.04. The standard InChI is InChI=1S/C12H19N5S/c1-12(2,3)11-14-6-9(18-11)5-13-7-10-15-8-17(4)16-10/h6,8,13H,5,7H2,1-4H3. The zero-order chi connectivity index (χ0) is 13.2. The number of hydrogen-bond donors (Lipinski definition) is 1. The van der Waals surface area contributed by atoms with Gasteiger partial charge in [-0.3, -0.25) is 4.68 Å². The quantitative estimate of drug-likeness (QED) is 0.916. The van der Waals surface area contributed by atoms with E-state index in [1.54, 1.807) is 22.3 Å². The van der Waals surface area contributed by atoms with Gasteiger partial charge in [0.05, 0.1) is 11.6 Å². The van der Waals surface area contributed by atoms with Gasteiger partial charge in [0, 0.05) is 30.1 Å². The number of nitrogens with one attached hydrogen (secondary N) is 1. The molecule has 2 rings (SSSR count). The fraction of sp³-hybridized carbons (Fsp3) is 0.583. The number of aromatic nitrogens is 4. The molecule has 0 unspecified atom stereocenters. The summed E-state index contributed by atoms with van der Waals surface area (Å²) in [7, 11) is 1.87. The Balaban J connectivity index is 1.85. The van der Waals surface area contributed by atoms with E-state index in [1.165, 1.54) is 9.88 Å². The molecule has 0 atom stereocenters. The molecule has 2 aromatic heterocycles.